The van der Waals surface area contributed by atoms with E-state index in [2.05, 4.69) is 44.3 Å². The highest BCUT2D eigenvalue weighted by Crippen LogP contribution is 2.15. The number of nitrogens with zero attached hydrogens (tertiary/aromatic N) is 1. The molecule has 1 atom stereocenters. The molecule has 0 saturated carbocycles. The summed E-state index contributed by atoms with van der Waals surface area (Å²) in [5.74, 6) is 0.435. The molecular formula is C17H26N2O. The molecule has 3 heteroatoms. The Labute approximate surface area is 122 Å². The van der Waals surface area contributed by atoms with Crippen molar-refractivity contribution in [2.45, 2.75) is 33.6 Å². The van der Waals surface area contributed by atoms with E-state index in [0.717, 1.165) is 39.0 Å². The molecule has 0 aliphatic carbocycles. The van der Waals surface area contributed by atoms with E-state index >= 15 is 0 Å². The van der Waals surface area contributed by atoms with E-state index in [9.17, 15) is 4.79 Å². The van der Waals surface area contributed by atoms with Crippen molar-refractivity contribution in [3.05, 3.63) is 34.9 Å². The number of carbonyl (C=O) groups is 1. The monoisotopic (exact) mass is 274 g/mol. The highest BCUT2D eigenvalue weighted by Gasteiger charge is 2.21. The summed E-state index contributed by atoms with van der Waals surface area (Å²) in [6, 6.07) is 6.61. The molecule has 20 heavy (non-hydrogen) atoms. The Hall–Kier alpha value is -1.35. The molecule has 1 saturated heterocycles. The van der Waals surface area contributed by atoms with Gasteiger partial charge >= 0.3 is 0 Å². The summed E-state index contributed by atoms with van der Waals surface area (Å²) in [6.07, 6.45) is 1.92. The van der Waals surface area contributed by atoms with Crippen LogP contribution in [0.1, 0.15) is 30.0 Å². The molecule has 110 valence electrons. The minimum atomic E-state index is 0.120. The van der Waals surface area contributed by atoms with E-state index in [0.29, 0.717) is 5.91 Å². The highest BCUT2D eigenvalue weighted by molar-refractivity contribution is 5.78. The van der Waals surface area contributed by atoms with Crippen molar-refractivity contribution in [2.24, 2.45) is 5.92 Å². The van der Waals surface area contributed by atoms with Gasteiger partial charge in [-0.1, -0.05) is 25.1 Å². The number of hydrogen-bond donors (Lipinski definition) is 1. The van der Waals surface area contributed by atoms with E-state index in [4.69, 9.17) is 0 Å². The molecule has 0 bridgehead atoms. The van der Waals surface area contributed by atoms with Crippen LogP contribution in [0, 0.1) is 19.8 Å². The van der Waals surface area contributed by atoms with Gasteiger partial charge in [0.05, 0.1) is 0 Å². The van der Waals surface area contributed by atoms with Crippen molar-refractivity contribution >= 4 is 5.91 Å². The third-order valence-corrected chi connectivity index (χ3v) is 4.29. The van der Waals surface area contributed by atoms with E-state index in [-0.39, 0.29) is 5.92 Å². The van der Waals surface area contributed by atoms with Crippen LogP contribution in [0.4, 0.5) is 0 Å². The van der Waals surface area contributed by atoms with Crippen LogP contribution in [0.25, 0.3) is 0 Å². The molecule has 1 aromatic carbocycles. The summed E-state index contributed by atoms with van der Waals surface area (Å²) in [7, 11) is 0. The molecule has 1 fully saturated rings. The van der Waals surface area contributed by atoms with Crippen LogP contribution in [0.3, 0.4) is 0 Å². The fourth-order valence-electron chi connectivity index (χ4n) is 2.66. The quantitative estimate of drug-likeness (QED) is 0.914. The second-order valence-electron chi connectivity index (χ2n) is 5.93. The number of carbonyl (C=O) groups excluding carboxylic acids is 1. The SMILES string of the molecule is Cc1ccc(CCC(C)C(=O)N2CCNCC2)cc1C. The molecule has 1 aromatic rings. The normalized spacial score (nSPS) is 17.1. The number of aryl methyl sites for hydroxylation is 3. The van der Waals surface area contributed by atoms with Gasteiger partial charge < -0.3 is 10.2 Å². The topological polar surface area (TPSA) is 32.3 Å². The lowest BCUT2D eigenvalue weighted by Crippen LogP contribution is -2.48. The van der Waals surface area contributed by atoms with Crippen molar-refractivity contribution in [1.29, 1.82) is 0 Å². The predicted molar refractivity (Wildman–Crippen MR) is 82.9 cm³/mol. The summed E-state index contributed by atoms with van der Waals surface area (Å²) in [4.78, 5) is 14.3. The molecule has 0 aromatic heterocycles. The van der Waals surface area contributed by atoms with Gasteiger partial charge in [-0.15, -0.1) is 0 Å². The van der Waals surface area contributed by atoms with Gasteiger partial charge in [-0.3, -0.25) is 4.79 Å². The molecule has 1 heterocycles. The number of amides is 1. The molecule has 2 rings (SSSR count). The van der Waals surface area contributed by atoms with Gasteiger partial charge in [-0.05, 0) is 43.4 Å². The Balaban J connectivity index is 1.85. The smallest absolute Gasteiger partial charge is 0.225 e. The first-order valence-electron chi connectivity index (χ1n) is 7.63. The maximum atomic E-state index is 12.3. The van der Waals surface area contributed by atoms with Gasteiger partial charge in [-0.25, -0.2) is 0 Å². The Kier molecular flexibility index (Phi) is 5.18. The molecule has 1 amide bonds. The standard InChI is InChI=1S/C17H26N2O/c1-13-4-6-16(12-15(13)3)7-5-14(2)17(20)19-10-8-18-9-11-19/h4,6,12,14,18H,5,7-11H2,1-3H3. The average Bonchev–Trinajstić information content (AvgIpc) is 2.48. The van der Waals surface area contributed by atoms with Gasteiger partial charge in [0.2, 0.25) is 5.91 Å². The number of rotatable bonds is 4. The van der Waals surface area contributed by atoms with Crippen LogP contribution in [0.15, 0.2) is 18.2 Å². The van der Waals surface area contributed by atoms with E-state index in [1.807, 2.05) is 4.90 Å². The summed E-state index contributed by atoms with van der Waals surface area (Å²) < 4.78 is 0. The second kappa shape index (κ2) is 6.89. The average molecular weight is 274 g/mol. The lowest BCUT2D eigenvalue weighted by atomic mass is 9.97. The minimum Gasteiger partial charge on any atom is -0.340 e. The summed E-state index contributed by atoms with van der Waals surface area (Å²) >= 11 is 0. The molecule has 1 N–H and O–H groups in total. The van der Waals surface area contributed by atoms with E-state index in [1.54, 1.807) is 0 Å². The van der Waals surface area contributed by atoms with Crippen molar-refractivity contribution in [1.82, 2.24) is 10.2 Å². The van der Waals surface area contributed by atoms with Crippen LogP contribution >= 0.6 is 0 Å². The predicted octanol–water partition coefficient (Wildman–Crippen LogP) is 2.30. The molecule has 1 unspecified atom stereocenters. The highest BCUT2D eigenvalue weighted by atomic mass is 16.2. The minimum absolute atomic E-state index is 0.120. The van der Waals surface area contributed by atoms with Gasteiger partial charge in [0.1, 0.15) is 0 Å². The largest absolute Gasteiger partial charge is 0.340 e. The van der Waals surface area contributed by atoms with Crippen molar-refractivity contribution in [2.75, 3.05) is 26.2 Å². The van der Waals surface area contributed by atoms with E-state index in [1.165, 1.54) is 16.7 Å². The van der Waals surface area contributed by atoms with Crippen LogP contribution in [0.2, 0.25) is 0 Å². The number of piperazine rings is 1. The third-order valence-electron chi connectivity index (χ3n) is 4.29. The number of hydrogen-bond acceptors (Lipinski definition) is 2. The molecular weight excluding hydrogens is 248 g/mol. The Morgan fingerprint density at radius 1 is 1.25 bits per heavy atom. The van der Waals surface area contributed by atoms with Gasteiger partial charge in [-0.2, -0.15) is 0 Å². The maximum Gasteiger partial charge on any atom is 0.225 e. The molecule has 0 radical (unpaired) electrons. The van der Waals surface area contributed by atoms with Gasteiger partial charge in [0.25, 0.3) is 0 Å². The zero-order chi connectivity index (χ0) is 14.5. The fourth-order valence-corrected chi connectivity index (χ4v) is 2.66. The van der Waals surface area contributed by atoms with Crippen molar-refractivity contribution < 1.29 is 4.79 Å². The lowest BCUT2D eigenvalue weighted by molar-refractivity contribution is -0.135. The summed E-state index contributed by atoms with van der Waals surface area (Å²) in [5, 5.41) is 3.28. The zero-order valence-electron chi connectivity index (χ0n) is 12.9. The number of nitrogens with one attached hydrogen (secondary N) is 1. The molecule has 0 spiro atoms. The van der Waals surface area contributed by atoms with Crippen LogP contribution in [-0.2, 0) is 11.2 Å². The maximum absolute atomic E-state index is 12.3. The lowest BCUT2D eigenvalue weighted by Gasteiger charge is -2.29. The fraction of sp³-hybridized carbons (Fsp3) is 0.588. The van der Waals surface area contributed by atoms with Crippen LogP contribution < -0.4 is 5.32 Å². The molecule has 1 aliphatic rings. The Morgan fingerprint density at radius 3 is 2.60 bits per heavy atom. The Bertz CT molecular complexity index is 464. The first-order valence-corrected chi connectivity index (χ1v) is 7.63. The van der Waals surface area contributed by atoms with E-state index < -0.39 is 0 Å². The van der Waals surface area contributed by atoms with Gasteiger partial charge in [0.15, 0.2) is 0 Å². The summed E-state index contributed by atoms with van der Waals surface area (Å²) in [6.45, 7) is 9.90. The molecule has 3 nitrogen and oxygen atoms in total. The number of benzene rings is 1. The van der Waals surface area contributed by atoms with Crippen LogP contribution in [0.5, 0.6) is 0 Å². The first kappa shape index (κ1) is 15.0. The van der Waals surface area contributed by atoms with Crippen LogP contribution in [-0.4, -0.2) is 37.0 Å². The van der Waals surface area contributed by atoms with Crippen molar-refractivity contribution in [3.8, 4) is 0 Å². The van der Waals surface area contributed by atoms with Crippen molar-refractivity contribution in [3.63, 3.8) is 0 Å². The first-order chi connectivity index (χ1) is 9.58. The third kappa shape index (κ3) is 3.83. The molecule has 1 aliphatic heterocycles. The zero-order valence-corrected chi connectivity index (χ0v) is 12.9. The second-order valence-corrected chi connectivity index (χ2v) is 5.93. The Morgan fingerprint density at radius 2 is 1.95 bits per heavy atom. The summed E-state index contributed by atoms with van der Waals surface area (Å²) in [5.41, 5.74) is 4.01. The van der Waals surface area contributed by atoms with Gasteiger partial charge in [0, 0.05) is 32.1 Å².